The smallest absolute Gasteiger partial charge is 0.108 e. The van der Waals surface area contributed by atoms with Crippen LogP contribution in [0.1, 0.15) is 59.8 Å². The zero-order chi connectivity index (χ0) is 13.4. The Morgan fingerprint density at radius 2 is 2.06 bits per heavy atom. The molecule has 1 aliphatic heterocycles. The van der Waals surface area contributed by atoms with E-state index in [-0.39, 0.29) is 5.54 Å². The van der Waals surface area contributed by atoms with Crippen molar-refractivity contribution >= 4 is 0 Å². The summed E-state index contributed by atoms with van der Waals surface area (Å²) in [6.07, 6.45) is 5.75. The topological polar surface area (TPSA) is 39.1 Å². The minimum absolute atomic E-state index is 0.280. The lowest BCUT2D eigenvalue weighted by atomic mass is 9.96. The summed E-state index contributed by atoms with van der Waals surface area (Å²) in [6, 6.07) is 3.53. The normalized spacial score (nSPS) is 36.1. The molecule has 2 unspecified atom stereocenters. The second-order valence-electron chi connectivity index (χ2n) is 7.00. The summed E-state index contributed by atoms with van der Waals surface area (Å²) in [5.74, 6) is 0. The second-order valence-corrected chi connectivity index (χ2v) is 7.00. The van der Waals surface area contributed by atoms with Crippen LogP contribution >= 0.6 is 0 Å². The summed E-state index contributed by atoms with van der Waals surface area (Å²) in [4.78, 5) is 2.65. The Balaban J connectivity index is 2.05. The lowest BCUT2D eigenvalue weighted by molar-refractivity contribution is 0.114. The highest BCUT2D eigenvalue weighted by atomic mass is 15.2. The van der Waals surface area contributed by atoms with Gasteiger partial charge in [-0.15, -0.1) is 0 Å². The predicted octanol–water partition coefficient (Wildman–Crippen LogP) is 2.67. The molecule has 1 heterocycles. The summed E-state index contributed by atoms with van der Waals surface area (Å²) in [6.45, 7) is 10.2. The van der Waals surface area contributed by atoms with E-state index in [9.17, 15) is 5.26 Å². The minimum atomic E-state index is -0.280. The van der Waals surface area contributed by atoms with Gasteiger partial charge in [0.1, 0.15) is 5.54 Å². The number of rotatable bonds is 3. The number of nitriles is 1. The predicted molar refractivity (Wildman–Crippen MR) is 74.3 cm³/mol. The molecule has 0 radical (unpaired) electrons. The van der Waals surface area contributed by atoms with Crippen molar-refractivity contribution in [2.75, 3.05) is 6.54 Å². The van der Waals surface area contributed by atoms with E-state index >= 15 is 0 Å². The quantitative estimate of drug-likeness (QED) is 0.836. The average molecular weight is 249 g/mol. The van der Waals surface area contributed by atoms with Crippen molar-refractivity contribution in [2.24, 2.45) is 0 Å². The third-order valence-electron chi connectivity index (χ3n) is 4.67. The Morgan fingerprint density at radius 3 is 2.56 bits per heavy atom. The molecule has 2 rings (SSSR count). The molecule has 1 aliphatic carbocycles. The highest BCUT2D eigenvalue weighted by Gasteiger charge is 2.46. The molecule has 2 fully saturated rings. The summed E-state index contributed by atoms with van der Waals surface area (Å²) < 4.78 is 0. The zero-order valence-corrected chi connectivity index (χ0v) is 12.3. The Labute approximate surface area is 112 Å². The van der Waals surface area contributed by atoms with Crippen LogP contribution in [0.5, 0.6) is 0 Å². The maximum Gasteiger partial charge on any atom is 0.108 e. The number of nitrogens with zero attached hydrogens (tertiary/aromatic N) is 2. The third kappa shape index (κ3) is 2.55. The first-order valence-electron chi connectivity index (χ1n) is 7.34. The number of likely N-dealkylation sites (tertiary alicyclic amines) is 1. The first-order valence-corrected chi connectivity index (χ1v) is 7.34. The van der Waals surface area contributed by atoms with Crippen LogP contribution in [0.4, 0.5) is 0 Å². The molecule has 0 aromatic rings. The molecule has 2 aliphatic rings. The first kappa shape index (κ1) is 13.8. The standard InChI is InChI=1S/C15H27N3/c1-12(2)17-15(11-16)8-6-13(10-15)18-9-5-7-14(18,3)4/h12-13,17H,5-10H2,1-4H3. The molecule has 1 N–H and O–H groups in total. The van der Waals surface area contributed by atoms with Gasteiger partial charge >= 0.3 is 0 Å². The van der Waals surface area contributed by atoms with Crippen molar-refractivity contribution < 1.29 is 0 Å². The molecular formula is C15H27N3. The molecule has 3 nitrogen and oxygen atoms in total. The van der Waals surface area contributed by atoms with Gasteiger partial charge in [0, 0.05) is 17.6 Å². The maximum absolute atomic E-state index is 9.53. The van der Waals surface area contributed by atoms with E-state index in [0.717, 1.165) is 19.3 Å². The van der Waals surface area contributed by atoms with Gasteiger partial charge in [-0.1, -0.05) is 0 Å². The molecule has 1 saturated heterocycles. The van der Waals surface area contributed by atoms with Crippen LogP contribution in [-0.4, -0.2) is 34.6 Å². The van der Waals surface area contributed by atoms with E-state index in [0.29, 0.717) is 17.6 Å². The molecule has 0 bridgehead atoms. The largest absolute Gasteiger partial charge is 0.297 e. The molecule has 102 valence electrons. The Morgan fingerprint density at radius 1 is 1.33 bits per heavy atom. The molecule has 0 aromatic heterocycles. The van der Waals surface area contributed by atoms with Crippen molar-refractivity contribution in [3.8, 4) is 6.07 Å². The van der Waals surface area contributed by atoms with Crippen molar-refractivity contribution in [3.05, 3.63) is 0 Å². The van der Waals surface area contributed by atoms with Crippen LogP contribution in [-0.2, 0) is 0 Å². The van der Waals surface area contributed by atoms with Gasteiger partial charge in [0.05, 0.1) is 6.07 Å². The number of hydrogen-bond acceptors (Lipinski definition) is 3. The fourth-order valence-corrected chi connectivity index (χ4v) is 3.91. The van der Waals surface area contributed by atoms with E-state index in [1.165, 1.54) is 19.4 Å². The molecule has 0 spiro atoms. The van der Waals surface area contributed by atoms with Crippen LogP contribution in [0.25, 0.3) is 0 Å². The molecule has 0 aromatic carbocycles. The molecule has 2 atom stereocenters. The van der Waals surface area contributed by atoms with Gasteiger partial charge < -0.3 is 0 Å². The Kier molecular flexibility index (Phi) is 3.71. The highest BCUT2D eigenvalue weighted by molar-refractivity contribution is 5.15. The molecule has 1 saturated carbocycles. The first-order chi connectivity index (χ1) is 8.38. The zero-order valence-electron chi connectivity index (χ0n) is 12.3. The van der Waals surface area contributed by atoms with E-state index in [1.807, 2.05) is 0 Å². The highest BCUT2D eigenvalue weighted by Crippen LogP contribution is 2.39. The van der Waals surface area contributed by atoms with Gasteiger partial charge in [-0.25, -0.2) is 0 Å². The van der Waals surface area contributed by atoms with Gasteiger partial charge in [0.15, 0.2) is 0 Å². The number of nitrogens with one attached hydrogen (secondary N) is 1. The van der Waals surface area contributed by atoms with Gasteiger partial charge in [-0.2, -0.15) is 5.26 Å². The van der Waals surface area contributed by atoms with Gasteiger partial charge in [-0.3, -0.25) is 10.2 Å². The van der Waals surface area contributed by atoms with Crippen LogP contribution < -0.4 is 5.32 Å². The summed E-state index contributed by atoms with van der Waals surface area (Å²) in [5, 5.41) is 13.0. The molecule has 3 heteroatoms. The lowest BCUT2D eigenvalue weighted by Gasteiger charge is -2.37. The van der Waals surface area contributed by atoms with E-state index in [1.54, 1.807) is 0 Å². The fourth-order valence-electron chi connectivity index (χ4n) is 3.91. The van der Waals surface area contributed by atoms with E-state index in [4.69, 9.17) is 0 Å². The van der Waals surface area contributed by atoms with Crippen LogP contribution in [0, 0.1) is 11.3 Å². The van der Waals surface area contributed by atoms with Crippen LogP contribution in [0.2, 0.25) is 0 Å². The van der Waals surface area contributed by atoms with Gasteiger partial charge in [0.2, 0.25) is 0 Å². The molecule has 0 amide bonds. The SMILES string of the molecule is CC(C)NC1(C#N)CCC(N2CCCC2(C)C)C1. The Hall–Kier alpha value is -0.590. The van der Waals surface area contributed by atoms with E-state index < -0.39 is 0 Å². The number of hydrogen-bond donors (Lipinski definition) is 1. The summed E-state index contributed by atoms with van der Waals surface area (Å²) >= 11 is 0. The maximum atomic E-state index is 9.53. The third-order valence-corrected chi connectivity index (χ3v) is 4.67. The van der Waals surface area contributed by atoms with E-state index in [2.05, 4.69) is 44.0 Å². The Bertz CT molecular complexity index is 342. The van der Waals surface area contributed by atoms with Crippen molar-refractivity contribution in [1.82, 2.24) is 10.2 Å². The summed E-state index contributed by atoms with van der Waals surface area (Å²) in [5.41, 5.74) is 0.0472. The average Bonchev–Trinajstić information content (AvgIpc) is 2.81. The van der Waals surface area contributed by atoms with Crippen molar-refractivity contribution in [3.63, 3.8) is 0 Å². The van der Waals surface area contributed by atoms with Crippen molar-refractivity contribution in [1.29, 1.82) is 5.26 Å². The lowest BCUT2D eigenvalue weighted by Crippen LogP contribution is -2.49. The fraction of sp³-hybridized carbons (Fsp3) is 0.933. The van der Waals surface area contributed by atoms with Gasteiger partial charge in [0.25, 0.3) is 0 Å². The van der Waals surface area contributed by atoms with Crippen LogP contribution in [0.15, 0.2) is 0 Å². The van der Waals surface area contributed by atoms with Gasteiger partial charge in [-0.05, 0) is 66.3 Å². The molecule has 18 heavy (non-hydrogen) atoms. The monoisotopic (exact) mass is 249 g/mol. The van der Waals surface area contributed by atoms with Crippen LogP contribution in [0.3, 0.4) is 0 Å². The van der Waals surface area contributed by atoms with Crippen molar-refractivity contribution in [2.45, 2.75) is 83.0 Å². The summed E-state index contributed by atoms with van der Waals surface area (Å²) in [7, 11) is 0. The molecular weight excluding hydrogens is 222 g/mol. The second kappa shape index (κ2) is 4.83. The minimum Gasteiger partial charge on any atom is -0.297 e.